The maximum atomic E-state index is 5.85. The number of rotatable bonds is 9. The van der Waals surface area contributed by atoms with Crippen molar-refractivity contribution in [1.82, 2.24) is 0 Å². The molecule has 0 saturated heterocycles. The van der Waals surface area contributed by atoms with E-state index in [0.717, 1.165) is 31.8 Å². The molecule has 0 fully saturated rings. The third kappa shape index (κ3) is 8.12. The van der Waals surface area contributed by atoms with E-state index in [1.807, 2.05) is 0 Å². The van der Waals surface area contributed by atoms with Gasteiger partial charge in [-0.25, -0.2) is 0 Å². The molecule has 2 nitrogen and oxygen atoms in total. The van der Waals surface area contributed by atoms with E-state index in [4.69, 9.17) is 9.47 Å². The fourth-order valence-corrected chi connectivity index (χ4v) is 1.42. The second kappa shape index (κ2) is 8.08. The van der Waals surface area contributed by atoms with Crippen molar-refractivity contribution in [1.29, 1.82) is 0 Å². The fraction of sp³-hybridized carbons (Fsp3) is 1.00. The van der Waals surface area contributed by atoms with E-state index in [2.05, 4.69) is 34.6 Å². The molecular weight excluding hydrogens is 200 g/mol. The quantitative estimate of drug-likeness (QED) is 0.595. The average Bonchev–Trinajstić information content (AvgIpc) is 2.25. The van der Waals surface area contributed by atoms with Crippen molar-refractivity contribution in [2.24, 2.45) is 5.92 Å². The molecule has 0 spiro atoms. The maximum absolute atomic E-state index is 5.85. The van der Waals surface area contributed by atoms with Gasteiger partial charge in [-0.05, 0) is 52.4 Å². The second-order valence-corrected chi connectivity index (χ2v) is 5.48. The number of hydrogen-bond donors (Lipinski definition) is 0. The largest absolute Gasteiger partial charge is 0.382 e. The van der Waals surface area contributed by atoms with Crippen LogP contribution in [0.1, 0.15) is 60.3 Å². The zero-order chi connectivity index (χ0) is 12.6. The molecule has 0 bridgehead atoms. The van der Waals surface area contributed by atoms with Gasteiger partial charge in [-0.1, -0.05) is 13.8 Å². The van der Waals surface area contributed by atoms with Crippen molar-refractivity contribution in [3.63, 3.8) is 0 Å². The van der Waals surface area contributed by atoms with Gasteiger partial charge in [0.15, 0.2) is 0 Å². The Hall–Kier alpha value is -0.0800. The van der Waals surface area contributed by atoms with Gasteiger partial charge in [0, 0.05) is 13.7 Å². The van der Waals surface area contributed by atoms with Gasteiger partial charge in [0.1, 0.15) is 0 Å². The van der Waals surface area contributed by atoms with Crippen LogP contribution in [-0.2, 0) is 9.47 Å². The lowest BCUT2D eigenvalue weighted by Gasteiger charge is -2.24. The first-order valence-corrected chi connectivity index (χ1v) is 6.58. The molecule has 0 radical (unpaired) electrons. The minimum Gasteiger partial charge on any atom is -0.382 e. The molecule has 0 amide bonds. The first kappa shape index (κ1) is 15.9. The van der Waals surface area contributed by atoms with Gasteiger partial charge in [0.2, 0.25) is 0 Å². The van der Waals surface area contributed by atoms with Gasteiger partial charge in [0.25, 0.3) is 0 Å². The molecule has 0 saturated carbocycles. The Morgan fingerprint density at radius 3 is 2.19 bits per heavy atom. The molecule has 98 valence electrons. The third-order valence-electron chi connectivity index (χ3n) is 3.42. The van der Waals surface area contributed by atoms with Crippen molar-refractivity contribution in [3.05, 3.63) is 0 Å². The summed E-state index contributed by atoms with van der Waals surface area (Å²) in [6.45, 7) is 11.8. The van der Waals surface area contributed by atoms with Crippen LogP contribution in [0.3, 0.4) is 0 Å². The van der Waals surface area contributed by atoms with Crippen LogP contribution < -0.4 is 0 Å². The van der Waals surface area contributed by atoms with Crippen LogP contribution in [0.4, 0.5) is 0 Å². The Morgan fingerprint density at radius 1 is 1.06 bits per heavy atom. The molecule has 2 atom stereocenters. The Labute approximate surface area is 102 Å². The van der Waals surface area contributed by atoms with E-state index in [1.54, 1.807) is 7.11 Å². The molecule has 2 heteroatoms. The van der Waals surface area contributed by atoms with Gasteiger partial charge < -0.3 is 9.47 Å². The van der Waals surface area contributed by atoms with Crippen molar-refractivity contribution < 1.29 is 9.47 Å². The highest BCUT2D eigenvalue weighted by Gasteiger charge is 2.15. The molecule has 0 aromatic heterocycles. The predicted octanol–water partition coefficient (Wildman–Crippen LogP) is 4.03. The highest BCUT2D eigenvalue weighted by atomic mass is 16.5. The zero-order valence-electron chi connectivity index (χ0n) is 12.0. The molecule has 2 unspecified atom stereocenters. The van der Waals surface area contributed by atoms with Crippen LogP contribution in [0.5, 0.6) is 0 Å². The lowest BCUT2D eigenvalue weighted by Crippen LogP contribution is -2.24. The summed E-state index contributed by atoms with van der Waals surface area (Å²) in [7, 11) is 1.78. The number of hydrogen-bond acceptors (Lipinski definition) is 2. The van der Waals surface area contributed by atoms with Crippen LogP contribution in [0.15, 0.2) is 0 Å². The van der Waals surface area contributed by atoms with Gasteiger partial charge in [-0.15, -0.1) is 0 Å². The summed E-state index contributed by atoms with van der Waals surface area (Å²) < 4.78 is 11.1. The molecule has 16 heavy (non-hydrogen) atoms. The van der Waals surface area contributed by atoms with Crippen LogP contribution in [0.25, 0.3) is 0 Å². The summed E-state index contributed by atoms with van der Waals surface area (Å²) in [5, 5.41) is 0. The fourth-order valence-electron chi connectivity index (χ4n) is 1.42. The van der Waals surface area contributed by atoms with Gasteiger partial charge in [-0.2, -0.15) is 0 Å². The van der Waals surface area contributed by atoms with E-state index in [1.165, 1.54) is 6.42 Å². The normalized spacial score (nSPS) is 16.1. The molecular formula is C14H30O2. The maximum Gasteiger partial charge on any atom is 0.0623 e. The van der Waals surface area contributed by atoms with E-state index < -0.39 is 0 Å². The van der Waals surface area contributed by atoms with Gasteiger partial charge >= 0.3 is 0 Å². The highest BCUT2D eigenvalue weighted by molar-refractivity contribution is 4.65. The van der Waals surface area contributed by atoms with Crippen molar-refractivity contribution in [3.8, 4) is 0 Å². The Morgan fingerprint density at radius 2 is 1.69 bits per heavy atom. The van der Waals surface area contributed by atoms with Crippen LogP contribution in [0.2, 0.25) is 0 Å². The molecule has 0 aromatic carbocycles. The smallest absolute Gasteiger partial charge is 0.0623 e. The molecule has 0 aliphatic heterocycles. The van der Waals surface area contributed by atoms with E-state index >= 15 is 0 Å². The van der Waals surface area contributed by atoms with Crippen LogP contribution >= 0.6 is 0 Å². The molecule has 0 aliphatic rings. The summed E-state index contributed by atoms with van der Waals surface area (Å²) >= 11 is 0. The van der Waals surface area contributed by atoms with Crippen molar-refractivity contribution in [2.75, 3.05) is 13.7 Å². The van der Waals surface area contributed by atoms with E-state index in [9.17, 15) is 0 Å². The lowest BCUT2D eigenvalue weighted by atomic mass is 10.00. The number of ether oxygens (including phenoxy) is 2. The first-order chi connectivity index (χ1) is 7.41. The Balaban J connectivity index is 3.54. The third-order valence-corrected chi connectivity index (χ3v) is 3.42. The van der Waals surface area contributed by atoms with Crippen molar-refractivity contribution >= 4 is 0 Å². The summed E-state index contributed by atoms with van der Waals surface area (Å²) in [4.78, 5) is 0. The molecule has 0 aliphatic carbocycles. The lowest BCUT2D eigenvalue weighted by molar-refractivity contribution is -0.0258. The second-order valence-electron chi connectivity index (χ2n) is 5.48. The van der Waals surface area contributed by atoms with E-state index in [0.29, 0.717) is 6.10 Å². The summed E-state index contributed by atoms with van der Waals surface area (Å²) in [6.07, 6.45) is 4.98. The Kier molecular flexibility index (Phi) is 8.04. The zero-order valence-corrected chi connectivity index (χ0v) is 12.0. The minimum atomic E-state index is 0.0412. The van der Waals surface area contributed by atoms with Crippen LogP contribution in [0, 0.1) is 5.92 Å². The minimum absolute atomic E-state index is 0.0412. The Bertz CT molecular complexity index is 166. The molecule has 0 heterocycles. The predicted molar refractivity (Wildman–Crippen MR) is 69.8 cm³/mol. The van der Waals surface area contributed by atoms with Crippen molar-refractivity contribution in [2.45, 2.75) is 72.0 Å². The SMILES string of the molecule is CCC(C)(C)OCCC(C)CCC(C)OC. The summed E-state index contributed by atoms with van der Waals surface area (Å²) in [6, 6.07) is 0. The standard InChI is InChI=1S/C14H30O2/c1-7-14(4,5)16-11-10-12(2)8-9-13(3)15-6/h12-13H,7-11H2,1-6H3. The van der Waals surface area contributed by atoms with E-state index in [-0.39, 0.29) is 5.60 Å². The highest BCUT2D eigenvalue weighted by Crippen LogP contribution is 2.17. The first-order valence-electron chi connectivity index (χ1n) is 6.58. The summed E-state index contributed by atoms with van der Waals surface area (Å²) in [5.41, 5.74) is 0.0412. The molecule has 0 rings (SSSR count). The van der Waals surface area contributed by atoms with Gasteiger partial charge in [0.05, 0.1) is 11.7 Å². The average molecular weight is 230 g/mol. The molecule has 0 N–H and O–H groups in total. The monoisotopic (exact) mass is 230 g/mol. The molecule has 0 aromatic rings. The summed E-state index contributed by atoms with van der Waals surface area (Å²) in [5.74, 6) is 0.727. The van der Waals surface area contributed by atoms with Gasteiger partial charge in [-0.3, -0.25) is 0 Å². The van der Waals surface area contributed by atoms with Crippen LogP contribution in [-0.4, -0.2) is 25.4 Å². The topological polar surface area (TPSA) is 18.5 Å². The number of methoxy groups -OCH3 is 1.